The van der Waals surface area contributed by atoms with Gasteiger partial charge in [0.15, 0.2) is 5.91 Å². The number of nitrogens with zero attached hydrogens (tertiary/aromatic N) is 1. The topological polar surface area (TPSA) is 125 Å². The first-order chi connectivity index (χ1) is 15.9. The van der Waals surface area contributed by atoms with Gasteiger partial charge >= 0.3 is 138 Å². The maximum absolute atomic E-state index is 12.8. The molecule has 36 heavy (non-hydrogen) atoms. The Bertz CT molecular complexity index is 966. The number of carbonyl (C=O) groups is 4. The van der Waals surface area contributed by atoms with Gasteiger partial charge in [-0.15, -0.1) is 0 Å². The van der Waals surface area contributed by atoms with Gasteiger partial charge in [-0.25, -0.2) is 0 Å². The van der Waals surface area contributed by atoms with Gasteiger partial charge in [0, 0.05) is 23.9 Å². The standard InChI is InChI=1S/C17H19N3O2.C5H8NO.C3H6O.CH3.2Cs/c18-15(21)14-9-17(6-3-7-17)10-20(14)16(22)13-8-11-4-1-2-5-12(11)19-13;7-5-3-1-2-4-6-5;1-2-3-4;;;/h1-2,4-5,8,14,19H,3,6-7,9-10H2,(H2,18,21);1H,2-4H2,(H,6,7);3H,2H2,1H3;1H3;;/q;-1;;-1;2*+1/t14-;;;;;/m0...../s1. The number of hydrogen-bond acceptors (Lipinski definition) is 4. The third kappa shape index (κ3) is 10.2. The van der Waals surface area contributed by atoms with Crippen LogP contribution in [0.2, 0.25) is 0 Å². The average Bonchev–Trinajstić information content (AvgIpc) is 3.42. The fourth-order valence-corrected chi connectivity index (χ4v) is 4.53. The molecule has 3 aliphatic rings. The number of fused-ring (bicyclic) bond motifs is 1. The first-order valence-corrected chi connectivity index (χ1v) is 11.6. The van der Waals surface area contributed by atoms with Gasteiger partial charge in [0.25, 0.3) is 5.91 Å². The van der Waals surface area contributed by atoms with Crippen LogP contribution in [0.3, 0.4) is 0 Å². The Morgan fingerprint density at radius 1 is 1.25 bits per heavy atom. The maximum Gasteiger partial charge on any atom is 1.00 e. The van der Waals surface area contributed by atoms with Crippen LogP contribution in [0.1, 0.15) is 62.4 Å². The third-order valence-electron chi connectivity index (χ3n) is 6.44. The number of aromatic nitrogens is 1. The van der Waals surface area contributed by atoms with Crippen molar-refractivity contribution in [1.82, 2.24) is 15.2 Å². The van der Waals surface area contributed by atoms with E-state index in [0.29, 0.717) is 31.5 Å². The molecule has 0 radical (unpaired) electrons. The smallest absolute Gasteiger partial charge is 0.368 e. The molecule has 3 heterocycles. The van der Waals surface area contributed by atoms with Crippen molar-refractivity contribution in [1.29, 1.82) is 0 Å². The van der Waals surface area contributed by atoms with Crippen LogP contribution in [-0.4, -0.2) is 53.0 Å². The number of carbonyl (C=O) groups excluding carboxylic acids is 4. The normalized spacial score (nSPS) is 18.9. The predicted molar refractivity (Wildman–Crippen MR) is 133 cm³/mol. The second kappa shape index (κ2) is 18.3. The van der Waals surface area contributed by atoms with Gasteiger partial charge in [-0.3, -0.25) is 14.4 Å². The Labute approximate surface area is 332 Å². The third-order valence-corrected chi connectivity index (χ3v) is 6.44. The number of nitrogens with one attached hydrogen (secondary N) is 2. The summed E-state index contributed by atoms with van der Waals surface area (Å²) in [4.78, 5) is 48.9. The van der Waals surface area contributed by atoms with Crippen molar-refractivity contribution in [3.05, 3.63) is 49.9 Å². The van der Waals surface area contributed by atoms with E-state index in [9.17, 15) is 19.2 Å². The van der Waals surface area contributed by atoms with Crippen LogP contribution in [0.5, 0.6) is 0 Å². The van der Waals surface area contributed by atoms with E-state index in [2.05, 4.69) is 10.3 Å². The molecule has 2 aliphatic heterocycles. The number of rotatable bonds is 3. The number of benzene rings is 1. The minimum atomic E-state index is -0.473. The quantitative estimate of drug-likeness (QED) is 0.233. The number of nitrogens with two attached hydrogens (primary N) is 1. The predicted octanol–water partition coefficient (Wildman–Crippen LogP) is -2.81. The molecule has 1 aromatic carbocycles. The number of aromatic amines is 1. The number of primary amides is 1. The molecule has 0 unspecified atom stereocenters. The summed E-state index contributed by atoms with van der Waals surface area (Å²) in [5.74, 6) is -0.358. The van der Waals surface area contributed by atoms with Crippen LogP contribution in [0.15, 0.2) is 30.3 Å². The summed E-state index contributed by atoms with van der Waals surface area (Å²) < 4.78 is 0. The van der Waals surface area contributed by atoms with Crippen molar-refractivity contribution in [2.75, 3.05) is 13.1 Å². The molecule has 5 rings (SSSR count). The van der Waals surface area contributed by atoms with E-state index in [1.54, 1.807) is 4.90 Å². The van der Waals surface area contributed by atoms with E-state index >= 15 is 0 Å². The summed E-state index contributed by atoms with van der Waals surface area (Å²) in [7, 11) is 0. The van der Waals surface area contributed by atoms with Crippen molar-refractivity contribution in [3.8, 4) is 0 Å². The largest absolute Gasteiger partial charge is 1.00 e. The zero-order valence-corrected chi connectivity index (χ0v) is 34.7. The molecule has 0 bridgehead atoms. The summed E-state index contributed by atoms with van der Waals surface area (Å²) in [5, 5.41) is 3.71. The van der Waals surface area contributed by atoms with E-state index in [4.69, 9.17) is 5.73 Å². The number of likely N-dealkylation sites (tertiary alicyclic amines) is 1. The molecule has 4 N–H and O–H groups in total. The molecular formula is C26H36Cs2N4O4. The molecule has 10 heteroatoms. The van der Waals surface area contributed by atoms with Crippen molar-refractivity contribution >= 4 is 34.9 Å². The van der Waals surface area contributed by atoms with Gasteiger partial charge < -0.3 is 39.6 Å². The summed E-state index contributed by atoms with van der Waals surface area (Å²) in [6.07, 6.45) is 9.24. The van der Waals surface area contributed by atoms with Crippen LogP contribution in [0, 0.1) is 19.3 Å². The average molecular weight is 734 g/mol. The Balaban J connectivity index is 0.000000742. The molecular weight excluding hydrogens is 698 g/mol. The van der Waals surface area contributed by atoms with E-state index in [0.717, 1.165) is 43.0 Å². The molecule has 1 spiro atoms. The van der Waals surface area contributed by atoms with Crippen molar-refractivity contribution < 1.29 is 157 Å². The summed E-state index contributed by atoms with van der Waals surface area (Å²) >= 11 is 0. The van der Waals surface area contributed by atoms with Gasteiger partial charge in [0.1, 0.15) is 18.0 Å². The molecule has 1 saturated carbocycles. The molecule has 3 amide bonds. The van der Waals surface area contributed by atoms with Crippen molar-refractivity contribution in [3.63, 3.8) is 0 Å². The van der Waals surface area contributed by atoms with E-state index < -0.39 is 11.9 Å². The summed E-state index contributed by atoms with van der Waals surface area (Å²) in [6.45, 7) is 3.29. The number of para-hydroxylation sites is 1. The van der Waals surface area contributed by atoms with Crippen molar-refractivity contribution in [2.45, 2.75) is 57.9 Å². The first kappa shape index (κ1) is 36.9. The van der Waals surface area contributed by atoms with Gasteiger partial charge in [0.05, 0.1) is 0 Å². The van der Waals surface area contributed by atoms with Gasteiger partial charge in [0.2, 0.25) is 5.91 Å². The SMILES string of the molecule is CCC=O.NC(=O)[C@@H]1CC2(CCC2)CN1C(=O)c1cc2ccccc2[nH]1.O=C1C[CH-]CCN1.[CH3-].[Cs+].[Cs+]. The summed E-state index contributed by atoms with van der Waals surface area (Å²) in [5.41, 5.74) is 7.12. The minimum absolute atomic E-state index is 0. The first-order valence-electron chi connectivity index (χ1n) is 11.6. The molecule has 1 aromatic heterocycles. The second-order valence-electron chi connectivity index (χ2n) is 8.89. The van der Waals surface area contributed by atoms with Crippen LogP contribution in [0.4, 0.5) is 0 Å². The van der Waals surface area contributed by atoms with Crippen LogP contribution in [0.25, 0.3) is 10.9 Å². The van der Waals surface area contributed by atoms with Crippen molar-refractivity contribution in [2.24, 2.45) is 11.1 Å². The molecule has 2 saturated heterocycles. The molecule has 1 atom stereocenters. The number of H-pyrrole nitrogens is 1. The zero-order valence-electron chi connectivity index (χ0n) is 22.1. The monoisotopic (exact) mass is 734 g/mol. The molecule has 2 aromatic rings. The molecule has 3 fully saturated rings. The maximum atomic E-state index is 12.8. The molecule has 1 aliphatic carbocycles. The Hall–Kier alpha value is 0.944. The number of amides is 3. The molecule has 186 valence electrons. The van der Waals surface area contributed by atoms with E-state index in [1.165, 1.54) is 6.42 Å². The van der Waals surface area contributed by atoms with E-state index in [1.807, 2.05) is 43.7 Å². The zero-order chi connectivity index (χ0) is 23.8. The fourth-order valence-electron chi connectivity index (χ4n) is 4.53. The number of piperidine rings is 1. The second-order valence-corrected chi connectivity index (χ2v) is 8.89. The number of aldehydes is 1. The number of hydrogen-bond donors (Lipinski definition) is 3. The Morgan fingerprint density at radius 3 is 2.36 bits per heavy atom. The summed E-state index contributed by atoms with van der Waals surface area (Å²) in [6, 6.07) is 9.15. The van der Waals surface area contributed by atoms with Gasteiger partial charge in [-0.1, -0.05) is 38.0 Å². The van der Waals surface area contributed by atoms with Gasteiger partial charge in [-0.2, -0.15) is 6.42 Å². The van der Waals surface area contributed by atoms with Crippen LogP contribution < -0.4 is 149 Å². The molecule has 8 nitrogen and oxygen atoms in total. The van der Waals surface area contributed by atoms with Gasteiger partial charge in [-0.05, 0) is 43.4 Å². The van der Waals surface area contributed by atoms with E-state index in [-0.39, 0.29) is 162 Å². The fraction of sp³-hybridized carbons (Fsp3) is 0.462. The minimum Gasteiger partial charge on any atom is -0.368 e. The Kier molecular flexibility index (Phi) is 18.8. The Morgan fingerprint density at radius 2 is 1.92 bits per heavy atom. The van der Waals surface area contributed by atoms with Crippen LogP contribution >= 0.6 is 0 Å². The van der Waals surface area contributed by atoms with Crippen LogP contribution in [-0.2, 0) is 14.4 Å².